The molecule has 3 nitrogen and oxygen atoms in total. The topological polar surface area (TPSA) is 50.1 Å². The maximum Gasteiger partial charge on any atom is 0.418 e. The van der Waals surface area contributed by atoms with Crippen LogP contribution in [0.25, 0.3) is 0 Å². The van der Waals surface area contributed by atoms with E-state index in [9.17, 15) is 18.0 Å². The van der Waals surface area contributed by atoms with Gasteiger partial charge in [-0.05, 0) is 12.1 Å². The fraction of sp³-hybridized carbons (Fsp3) is 0.200. The summed E-state index contributed by atoms with van der Waals surface area (Å²) in [7, 11) is 1.09. The normalized spacial score (nSPS) is 10.8. The van der Waals surface area contributed by atoms with Crippen LogP contribution in [0.4, 0.5) is 13.2 Å². The first-order chi connectivity index (χ1) is 7.81. The summed E-state index contributed by atoms with van der Waals surface area (Å²) in [6.07, 6.45) is -4.70. The first-order valence-electron chi connectivity index (χ1n) is 4.24. The summed E-state index contributed by atoms with van der Waals surface area (Å²) in [6.45, 7) is 0. The Morgan fingerprint density at radius 3 is 2.47 bits per heavy atom. The summed E-state index contributed by atoms with van der Waals surface area (Å²) < 4.78 is 42.1. The number of halogens is 3. The predicted octanol–water partition coefficient (Wildman–Crippen LogP) is 2.65. The lowest BCUT2D eigenvalue weighted by Gasteiger charge is -2.12. The minimum atomic E-state index is -4.70. The number of hydrogen-bond donors (Lipinski definition) is 1. The number of carbonyl (C=O) groups is 1. The van der Waals surface area contributed by atoms with E-state index in [4.69, 9.17) is 5.26 Å². The van der Waals surface area contributed by atoms with Crippen molar-refractivity contribution in [1.29, 1.82) is 5.26 Å². The molecule has 1 aromatic carbocycles. The quantitative estimate of drug-likeness (QED) is 0.624. The first-order valence-corrected chi connectivity index (χ1v) is 4.68. The summed E-state index contributed by atoms with van der Waals surface area (Å²) in [5.41, 5.74) is -1.97. The Morgan fingerprint density at radius 1 is 1.47 bits per heavy atom. The van der Waals surface area contributed by atoms with E-state index < -0.39 is 28.2 Å². The van der Waals surface area contributed by atoms with Crippen LogP contribution in [-0.2, 0) is 10.9 Å². The standard InChI is InChI=1S/C10H6F3NO2S/c1-16-9(15)5-2-6(4-14)8(7(17)3-5)10(11,12)13/h2-3,17H,1H3. The van der Waals surface area contributed by atoms with Crippen LogP contribution in [0.2, 0.25) is 0 Å². The molecular weight excluding hydrogens is 255 g/mol. The number of alkyl halides is 3. The molecule has 0 N–H and O–H groups in total. The van der Waals surface area contributed by atoms with Crippen molar-refractivity contribution in [3.05, 3.63) is 28.8 Å². The van der Waals surface area contributed by atoms with Crippen molar-refractivity contribution in [2.45, 2.75) is 11.1 Å². The number of carbonyl (C=O) groups excluding carboxylic acids is 1. The molecule has 0 bridgehead atoms. The van der Waals surface area contributed by atoms with E-state index in [2.05, 4.69) is 17.4 Å². The molecule has 17 heavy (non-hydrogen) atoms. The molecule has 0 amide bonds. The first kappa shape index (κ1) is 13.4. The number of esters is 1. The summed E-state index contributed by atoms with van der Waals surface area (Å²) in [5.74, 6) is -0.828. The molecule has 0 fully saturated rings. The zero-order chi connectivity index (χ0) is 13.2. The third-order valence-electron chi connectivity index (χ3n) is 1.94. The third-order valence-corrected chi connectivity index (χ3v) is 2.30. The van der Waals surface area contributed by atoms with Crippen molar-refractivity contribution in [3.8, 4) is 6.07 Å². The van der Waals surface area contributed by atoms with E-state index in [1.54, 1.807) is 0 Å². The second-order valence-electron chi connectivity index (χ2n) is 3.02. The largest absolute Gasteiger partial charge is 0.465 e. The van der Waals surface area contributed by atoms with Gasteiger partial charge in [0.2, 0.25) is 0 Å². The van der Waals surface area contributed by atoms with E-state index in [0.29, 0.717) is 0 Å². The van der Waals surface area contributed by atoms with Crippen LogP contribution in [0.5, 0.6) is 0 Å². The van der Waals surface area contributed by atoms with E-state index in [0.717, 1.165) is 19.2 Å². The molecule has 1 aromatic rings. The lowest BCUT2D eigenvalue weighted by atomic mass is 10.0. The molecule has 0 saturated carbocycles. The molecule has 1 rings (SSSR count). The highest BCUT2D eigenvalue weighted by molar-refractivity contribution is 7.80. The van der Waals surface area contributed by atoms with Gasteiger partial charge in [-0.3, -0.25) is 0 Å². The van der Waals surface area contributed by atoms with Crippen LogP contribution >= 0.6 is 12.6 Å². The van der Waals surface area contributed by atoms with Crippen LogP contribution in [-0.4, -0.2) is 13.1 Å². The lowest BCUT2D eigenvalue weighted by Crippen LogP contribution is -2.11. The summed E-state index contributed by atoms with van der Waals surface area (Å²) in [5, 5.41) is 8.65. The highest BCUT2D eigenvalue weighted by Crippen LogP contribution is 2.36. The molecule has 0 aliphatic rings. The van der Waals surface area contributed by atoms with Gasteiger partial charge in [0.05, 0.1) is 29.9 Å². The fourth-order valence-corrected chi connectivity index (χ4v) is 1.63. The van der Waals surface area contributed by atoms with Gasteiger partial charge in [-0.25, -0.2) is 4.79 Å². The van der Waals surface area contributed by atoms with Gasteiger partial charge in [0.15, 0.2) is 0 Å². The molecule has 0 aromatic heterocycles. The van der Waals surface area contributed by atoms with Gasteiger partial charge in [0.25, 0.3) is 0 Å². The Hall–Kier alpha value is -1.68. The number of rotatable bonds is 1. The Labute approximate surface area is 100 Å². The highest BCUT2D eigenvalue weighted by atomic mass is 32.1. The second-order valence-corrected chi connectivity index (χ2v) is 3.50. The second kappa shape index (κ2) is 4.67. The van der Waals surface area contributed by atoms with Crippen molar-refractivity contribution in [2.75, 3.05) is 7.11 Å². The van der Waals surface area contributed by atoms with E-state index >= 15 is 0 Å². The van der Waals surface area contributed by atoms with E-state index in [1.165, 1.54) is 6.07 Å². The zero-order valence-electron chi connectivity index (χ0n) is 8.50. The molecular formula is C10H6F3NO2S. The summed E-state index contributed by atoms with van der Waals surface area (Å²) >= 11 is 3.64. The average Bonchev–Trinajstić information content (AvgIpc) is 2.24. The molecule has 0 aliphatic heterocycles. The molecule has 7 heteroatoms. The Morgan fingerprint density at radius 2 is 2.06 bits per heavy atom. The van der Waals surface area contributed by atoms with Gasteiger partial charge < -0.3 is 4.74 Å². The van der Waals surface area contributed by atoms with Crippen molar-refractivity contribution in [3.63, 3.8) is 0 Å². The maximum atomic E-state index is 12.6. The van der Waals surface area contributed by atoms with Crippen molar-refractivity contribution in [2.24, 2.45) is 0 Å². The molecule has 0 saturated heterocycles. The predicted molar refractivity (Wildman–Crippen MR) is 54.8 cm³/mol. The minimum Gasteiger partial charge on any atom is -0.465 e. The minimum absolute atomic E-state index is 0.151. The molecule has 0 unspecified atom stereocenters. The number of ether oxygens (including phenoxy) is 1. The Kier molecular flexibility index (Phi) is 3.68. The number of hydrogen-bond acceptors (Lipinski definition) is 4. The Balaban J connectivity index is 3.48. The summed E-state index contributed by atoms with van der Waals surface area (Å²) in [6, 6.07) is 3.13. The van der Waals surface area contributed by atoms with Crippen LogP contribution in [0.3, 0.4) is 0 Å². The van der Waals surface area contributed by atoms with Gasteiger partial charge in [0.1, 0.15) is 0 Å². The fourth-order valence-electron chi connectivity index (χ4n) is 1.25. The van der Waals surface area contributed by atoms with Crippen LogP contribution in [0.15, 0.2) is 17.0 Å². The molecule has 0 aliphatic carbocycles. The third kappa shape index (κ3) is 2.71. The van der Waals surface area contributed by atoms with Crippen LogP contribution in [0.1, 0.15) is 21.5 Å². The number of nitrogens with zero attached hydrogens (tertiary/aromatic N) is 1. The SMILES string of the molecule is COC(=O)c1cc(S)c(C(F)(F)F)c(C#N)c1. The average molecular weight is 261 g/mol. The molecule has 90 valence electrons. The molecule has 0 spiro atoms. The van der Waals surface area contributed by atoms with Gasteiger partial charge >= 0.3 is 12.1 Å². The van der Waals surface area contributed by atoms with Gasteiger partial charge in [0, 0.05) is 4.90 Å². The smallest absolute Gasteiger partial charge is 0.418 e. The van der Waals surface area contributed by atoms with Crippen molar-refractivity contribution in [1.82, 2.24) is 0 Å². The van der Waals surface area contributed by atoms with E-state index in [1.807, 2.05) is 0 Å². The van der Waals surface area contributed by atoms with Crippen LogP contribution < -0.4 is 0 Å². The van der Waals surface area contributed by atoms with E-state index in [-0.39, 0.29) is 5.56 Å². The Bertz CT molecular complexity index is 505. The maximum absolute atomic E-state index is 12.6. The van der Waals surface area contributed by atoms with Gasteiger partial charge in [-0.1, -0.05) is 0 Å². The molecule has 0 atom stereocenters. The number of methoxy groups -OCH3 is 1. The summed E-state index contributed by atoms with van der Waals surface area (Å²) in [4.78, 5) is 10.7. The van der Waals surface area contributed by atoms with Gasteiger partial charge in [-0.15, -0.1) is 12.6 Å². The van der Waals surface area contributed by atoms with Crippen LogP contribution in [0, 0.1) is 11.3 Å². The number of nitriles is 1. The lowest BCUT2D eigenvalue weighted by molar-refractivity contribution is -0.139. The zero-order valence-corrected chi connectivity index (χ0v) is 9.39. The molecule has 0 heterocycles. The molecule has 0 radical (unpaired) electrons. The van der Waals surface area contributed by atoms with Crippen molar-refractivity contribution < 1.29 is 22.7 Å². The number of benzene rings is 1. The number of thiol groups is 1. The van der Waals surface area contributed by atoms with Gasteiger partial charge in [-0.2, -0.15) is 18.4 Å². The highest BCUT2D eigenvalue weighted by Gasteiger charge is 2.36. The monoisotopic (exact) mass is 261 g/mol. The van der Waals surface area contributed by atoms with Crippen molar-refractivity contribution >= 4 is 18.6 Å².